The van der Waals surface area contributed by atoms with Gasteiger partial charge in [0.05, 0.1) is 0 Å². The summed E-state index contributed by atoms with van der Waals surface area (Å²) in [5, 5.41) is 0. The van der Waals surface area contributed by atoms with Crippen LogP contribution in [-0.4, -0.2) is 48.9 Å². The maximum atomic E-state index is 5.72. The second kappa shape index (κ2) is 2.49. The van der Waals surface area contributed by atoms with Crippen LogP contribution in [-0.2, 0) is 0 Å². The second-order valence-corrected chi connectivity index (χ2v) is 4.04. The molecule has 60 valence electrons. The Balaban J connectivity index is 1.98. The molecule has 3 rings (SSSR count). The second-order valence-electron chi connectivity index (χ2n) is 4.04. The fourth-order valence-electron chi connectivity index (χ4n) is 2.51. The van der Waals surface area contributed by atoms with Crippen LogP contribution in [0.5, 0.6) is 0 Å². The standard InChI is InChI=1S/C8H15BN2/c1-6(2)11-7-3-8(11)5-10(9)4-7/h6-8H,3-5H2,1-2H3. The number of hydrogen-bond donors (Lipinski definition) is 0. The zero-order chi connectivity index (χ0) is 8.01. The van der Waals surface area contributed by atoms with Crippen LogP contribution >= 0.6 is 0 Å². The fourth-order valence-corrected chi connectivity index (χ4v) is 2.51. The van der Waals surface area contributed by atoms with Gasteiger partial charge in [-0.1, -0.05) is 0 Å². The van der Waals surface area contributed by atoms with E-state index < -0.39 is 0 Å². The third-order valence-corrected chi connectivity index (χ3v) is 2.87. The summed E-state index contributed by atoms with van der Waals surface area (Å²) in [5.41, 5.74) is 0. The summed E-state index contributed by atoms with van der Waals surface area (Å²) < 4.78 is 0. The Morgan fingerprint density at radius 1 is 1.27 bits per heavy atom. The van der Waals surface area contributed by atoms with E-state index in [0.29, 0.717) is 6.04 Å². The van der Waals surface area contributed by atoms with Crippen molar-refractivity contribution in [3.05, 3.63) is 0 Å². The molecule has 0 spiro atoms. The van der Waals surface area contributed by atoms with Crippen LogP contribution < -0.4 is 0 Å². The highest BCUT2D eigenvalue weighted by Crippen LogP contribution is 2.32. The molecule has 3 saturated heterocycles. The normalized spacial score (nSPS) is 39.2. The molecule has 3 fully saturated rings. The van der Waals surface area contributed by atoms with Gasteiger partial charge >= 0.3 is 0 Å². The van der Waals surface area contributed by atoms with E-state index in [1.165, 1.54) is 6.42 Å². The monoisotopic (exact) mass is 150 g/mol. The lowest BCUT2D eigenvalue weighted by Crippen LogP contribution is -2.69. The van der Waals surface area contributed by atoms with Crippen LogP contribution in [0.2, 0.25) is 0 Å². The Morgan fingerprint density at radius 2 is 1.82 bits per heavy atom. The summed E-state index contributed by atoms with van der Waals surface area (Å²) >= 11 is 0. The van der Waals surface area contributed by atoms with E-state index in [2.05, 4.69) is 18.7 Å². The molecule has 0 aromatic heterocycles. The highest BCUT2D eigenvalue weighted by Gasteiger charge is 2.43. The lowest BCUT2D eigenvalue weighted by Gasteiger charge is -2.58. The molecule has 0 aliphatic carbocycles. The molecule has 0 amide bonds. The summed E-state index contributed by atoms with van der Waals surface area (Å²) in [5.74, 6) is 0. The van der Waals surface area contributed by atoms with Crippen molar-refractivity contribution in [3.63, 3.8) is 0 Å². The summed E-state index contributed by atoms with van der Waals surface area (Å²) in [4.78, 5) is 4.54. The lowest BCUT2D eigenvalue weighted by molar-refractivity contribution is -0.0648. The number of nitrogens with zero attached hydrogens (tertiary/aromatic N) is 2. The van der Waals surface area contributed by atoms with Gasteiger partial charge in [-0.2, -0.15) is 0 Å². The molecule has 2 unspecified atom stereocenters. The Kier molecular flexibility index (Phi) is 1.73. The highest BCUT2D eigenvalue weighted by atomic mass is 15.3. The van der Waals surface area contributed by atoms with Crippen molar-refractivity contribution in [2.24, 2.45) is 0 Å². The number of hydrogen-bond acceptors (Lipinski definition) is 2. The SMILES string of the molecule is [B]N1CC2CC(C1)N2C(C)C. The number of rotatable bonds is 1. The zero-order valence-electron chi connectivity index (χ0n) is 7.33. The average Bonchev–Trinajstić information content (AvgIpc) is 1.84. The minimum absolute atomic E-state index is 0.701. The van der Waals surface area contributed by atoms with Crippen molar-refractivity contribution < 1.29 is 0 Å². The van der Waals surface area contributed by atoms with Crippen LogP contribution in [0.4, 0.5) is 0 Å². The Morgan fingerprint density at radius 3 is 2.27 bits per heavy atom. The lowest BCUT2D eigenvalue weighted by atomic mass is 9.84. The molecule has 2 atom stereocenters. The van der Waals surface area contributed by atoms with Gasteiger partial charge in [-0.25, -0.2) is 0 Å². The topological polar surface area (TPSA) is 6.48 Å². The predicted octanol–water partition coefficient (Wildman–Crippen LogP) is 0.237. The summed E-state index contributed by atoms with van der Waals surface area (Å²) in [6.45, 7) is 6.67. The van der Waals surface area contributed by atoms with Crippen molar-refractivity contribution in [3.8, 4) is 0 Å². The van der Waals surface area contributed by atoms with Gasteiger partial charge in [0, 0.05) is 31.2 Å². The van der Waals surface area contributed by atoms with Crippen LogP contribution in [0.3, 0.4) is 0 Å². The van der Waals surface area contributed by atoms with Crippen LogP contribution in [0, 0.1) is 0 Å². The van der Waals surface area contributed by atoms with E-state index in [-0.39, 0.29) is 0 Å². The molecule has 0 aromatic carbocycles. The average molecular weight is 150 g/mol. The first-order valence-corrected chi connectivity index (χ1v) is 4.45. The molecular formula is C8H15BN2. The molecule has 11 heavy (non-hydrogen) atoms. The summed E-state index contributed by atoms with van der Waals surface area (Å²) in [6, 6.07) is 2.20. The van der Waals surface area contributed by atoms with Gasteiger partial charge in [0.15, 0.2) is 7.98 Å². The van der Waals surface area contributed by atoms with Gasteiger partial charge in [-0.05, 0) is 20.3 Å². The van der Waals surface area contributed by atoms with E-state index in [1.807, 2.05) is 4.81 Å². The smallest absolute Gasteiger partial charge is 0.182 e. The first kappa shape index (κ1) is 7.62. The van der Waals surface area contributed by atoms with Crippen molar-refractivity contribution in [2.75, 3.05) is 13.1 Å². The molecular weight excluding hydrogens is 135 g/mol. The van der Waals surface area contributed by atoms with Crippen LogP contribution in [0.25, 0.3) is 0 Å². The predicted molar refractivity (Wildman–Crippen MR) is 46.5 cm³/mol. The van der Waals surface area contributed by atoms with Gasteiger partial charge in [0.25, 0.3) is 0 Å². The van der Waals surface area contributed by atoms with Gasteiger partial charge in [-0.15, -0.1) is 0 Å². The summed E-state index contributed by atoms with van der Waals surface area (Å²) in [6.07, 6.45) is 1.37. The van der Waals surface area contributed by atoms with E-state index in [1.54, 1.807) is 0 Å². The largest absolute Gasteiger partial charge is 0.351 e. The first-order chi connectivity index (χ1) is 5.18. The van der Waals surface area contributed by atoms with Crippen molar-refractivity contribution in [2.45, 2.75) is 38.4 Å². The molecule has 3 heteroatoms. The molecule has 2 nitrogen and oxygen atoms in total. The van der Waals surface area contributed by atoms with Gasteiger partial charge in [0.1, 0.15) is 0 Å². The van der Waals surface area contributed by atoms with Crippen LogP contribution in [0.1, 0.15) is 20.3 Å². The Hall–Kier alpha value is -0.0151. The van der Waals surface area contributed by atoms with Gasteiger partial charge in [0.2, 0.25) is 0 Å². The molecule has 3 heterocycles. The molecule has 0 saturated carbocycles. The maximum Gasteiger partial charge on any atom is 0.182 e. The van der Waals surface area contributed by atoms with Crippen LogP contribution in [0.15, 0.2) is 0 Å². The van der Waals surface area contributed by atoms with E-state index in [9.17, 15) is 0 Å². The quantitative estimate of drug-likeness (QED) is 0.494. The van der Waals surface area contributed by atoms with E-state index >= 15 is 0 Å². The van der Waals surface area contributed by atoms with Gasteiger partial charge < -0.3 is 4.81 Å². The molecule has 0 aromatic rings. The molecule has 2 bridgehead atoms. The van der Waals surface area contributed by atoms with Crippen molar-refractivity contribution in [1.29, 1.82) is 0 Å². The number of piperidine rings is 1. The number of piperazine rings is 1. The van der Waals surface area contributed by atoms with E-state index in [0.717, 1.165) is 25.2 Å². The minimum atomic E-state index is 0.701. The molecule has 0 N–H and O–H groups in total. The maximum absolute atomic E-state index is 5.72. The van der Waals surface area contributed by atoms with Crippen molar-refractivity contribution in [1.82, 2.24) is 9.71 Å². The Bertz CT molecular complexity index is 148. The minimum Gasteiger partial charge on any atom is -0.351 e. The summed E-state index contributed by atoms with van der Waals surface area (Å²) in [7, 11) is 5.72. The first-order valence-electron chi connectivity index (χ1n) is 4.45. The van der Waals surface area contributed by atoms with E-state index in [4.69, 9.17) is 7.98 Å². The Labute approximate surface area is 70.0 Å². The zero-order valence-corrected chi connectivity index (χ0v) is 7.33. The third-order valence-electron chi connectivity index (χ3n) is 2.87. The fraction of sp³-hybridized carbons (Fsp3) is 1.00. The third kappa shape index (κ3) is 1.11. The van der Waals surface area contributed by atoms with Crippen molar-refractivity contribution >= 4 is 7.98 Å². The molecule has 3 aliphatic rings. The number of fused-ring (bicyclic) bond motifs is 2. The van der Waals surface area contributed by atoms with Gasteiger partial charge in [-0.3, -0.25) is 4.90 Å². The highest BCUT2D eigenvalue weighted by molar-refractivity contribution is 6.04. The molecule has 2 radical (unpaired) electrons. The molecule has 3 aliphatic heterocycles.